The Morgan fingerprint density at radius 2 is 1.62 bits per heavy atom. The minimum atomic E-state index is -1.75. The molecular weight excluding hydrogens is 118 g/mol. The summed E-state index contributed by atoms with van der Waals surface area (Å²) >= 11 is 0. The molecule has 0 aliphatic carbocycles. The molecule has 0 bridgehead atoms. The number of quaternary nitrogens is 1. The number of amides is 2. The molecule has 7 heteroatoms. The van der Waals surface area contributed by atoms with Gasteiger partial charge in [0.1, 0.15) is 0 Å². The van der Waals surface area contributed by atoms with Crippen LogP contribution in [0.15, 0.2) is 0 Å². The van der Waals surface area contributed by atoms with E-state index in [2.05, 4.69) is 11.5 Å². The van der Waals surface area contributed by atoms with Crippen molar-refractivity contribution in [3.05, 3.63) is 15.3 Å². The lowest BCUT2D eigenvalue weighted by Crippen LogP contribution is -2.60. The number of hydrogen-bond acceptors (Lipinski definition) is 4. The first-order chi connectivity index (χ1) is 3.46. The highest BCUT2D eigenvalue weighted by Crippen LogP contribution is 1.44. The SMILES string of the molecule is NC([NH3+])=O.O=[N+]([O-])[O-]. The molecule has 0 aromatic rings. The summed E-state index contributed by atoms with van der Waals surface area (Å²) in [6.07, 6.45) is 0. The van der Waals surface area contributed by atoms with Gasteiger partial charge in [-0.15, -0.1) is 0 Å². The average molecular weight is 123 g/mol. The molecule has 0 radical (unpaired) electrons. The number of rotatable bonds is 0. The van der Waals surface area contributed by atoms with Crippen LogP contribution in [-0.4, -0.2) is 11.1 Å². The fourth-order valence-electron chi connectivity index (χ4n) is 0. The molecule has 48 valence electrons. The van der Waals surface area contributed by atoms with Gasteiger partial charge in [-0.25, -0.2) is 4.79 Å². The Labute approximate surface area is 44.0 Å². The summed E-state index contributed by atoms with van der Waals surface area (Å²) in [6, 6.07) is -0.583. The predicted molar refractivity (Wildman–Crippen MR) is 22.8 cm³/mol. The summed E-state index contributed by atoms with van der Waals surface area (Å²) in [5, 5.41) is 14.8. The van der Waals surface area contributed by atoms with Crippen molar-refractivity contribution in [2.45, 2.75) is 0 Å². The maximum Gasteiger partial charge on any atom is 0.409 e. The van der Waals surface area contributed by atoms with E-state index in [9.17, 15) is 0 Å². The van der Waals surface area contributed by atoms with Crippen molar-refractivity contribution in [3.8, 4) is 0 Å². The molecule has 0 aliphatic rings. The Bertz CT molecular complexity index is 69.3. The van der Waals surface area contributed by atoms with Crippen molar-refractivity contribution >= 4 is 6.03 Å². The first kappa shape index (κ1) is 9.80. The normalized spacial score (nSPS) is 6.12. The van der Waals surface area contributed by atoms with Crippen molar-refractivity contribution in [1.82, 2.24) is 0 Å². The smallest absolute Gasteiger partial charge is 0.356 e. The van der Waals surface area contributed by atoms with Crippen molar-refractivity contribution in [1.29, 1.82) is 0 Å². The number of carbonyl (C=O) groups excluding carboxylic acids is 1. The van der Waals surface area contributed by atoms with Crippen LogP contribution in [0.2, 0.25) is 0 Å². The Balaban J connectivity index is 0. The number of hydrogen-bond donors (Lipinski definition) is 2. The van der Waals surface area contributed by atoms with E-state index in [1.807, 2.05) is 0 Å². The van der Waals surface area contributed by atoms with Gasteiger partial charge >= 0.3 is 6.03 Å². The highest BCUT2D eigenvalue weighted by atomic mass is 16.9. The van der Waals surface area contributed by atoms with Crippen LogP contribution in [0.1, 0.15) is 0 Å². The Hall–Kier alpha value is -1.37. The van der Waals surface area contributed by atoms with Gasteiger partial charge in [0.25, 0.3) is 0 Å². The summed E-state index contributed by atoms with van der Waals surface area (Å²) < 4.78 is 0. The van der Waals surface area contributed by atoms with Crippen LogP contribution in [-0.2, 0) is 0 Å². The lowest BCUT2D eigenvalue weighted by atomic mass is 11.2. The molecule has 0 heterocycles. The lowest BCUT2D eigenvalue weighted by molar-refractivity contribution is -0.402. The Kier molecular flexibility index (Phi) is 6.90. The summed E-state index contributed by atoms with van der Waals surface area (Å²) in [4.78, 5) is 17.4. The summed E-state index contributed by atoms with van der Waals surface area (Å²) in [6.45, 7) is 0. The van der Waals surface area contributed by atoms with E-state index in [0.717, 1.165) is 0 Å². The quantitative estimate of drug-likeness (QED) is 0.286. The van der Waals surface area contributed by atoms with Crippen LogP contribution in [0.4, 0.5) is 4.79 Å². The third kappa shape index (κ3) is 32.5. The maximum absolute atomic E-state index is 9.11. The van der Waals surface area contributed by atoms with Gasteiger partial charge < -0.3 is 21.1 Å². The van der Waals surface area contributed by atoms with E-state index in [0.29, 0.717) is 0 Å². The Morgan fingerprint density at radius 1 is 1.62 bits per heavy atom. The van der Waals surface area contributed by atoms with E-state index in [1.165, 1.54) is 0 Å². The molecule has 0 saturated carbocycles. The molecule has 7 nitrogen and oxygen atoms in total. The molecule has 0 fully saturated rings. The molecule has 0 unspecified atom stereocenters. The van der Waals surface area contributed by atoms with E-state index in [1.54, 1.807) is 0 Å². The second kappa shape index (κ2) is 5.63. The number of carbonyl (C=O) groups is 1. The largest absolute Gasteiger partial charge is 0.409 e. The van der Waals surface area contributed by atoms with Gasteiger partial charge in [0.2, 0.25) is 0 Å². The van der Waals surface area contributed by atoms with E-state index in [-0.39, 0.29) is 0 Å². The van der Waals surface area contributed by atoms with Crippen LogP contribution < -0.4 is 11.5 Å². The van der Waals surface area contributed by atoms with Crippen LogP contribution >= 0.6 is 0 Å². The first-order valence-electron chi connectivity index (χ1n) is 1.39. The third-order valence-electron chi connectivity index (χ3n) is 0. The fourth-order valence-corrected chi connectivity index (χ4v) is 0. The highest BCUT2D eigenvalue weighted by Gasteiger charge is 1.68. The van der Waals surface area contributed by atoms with Crippen LogP contribution in [0.25, 0.3) is 0 Å². The molecule has 8 heavy (non-hydrogen) atoms. The van der Waals surface area contributed by atoms with E-state index >= 15 is 0 Å². The molecule has 0 saturated heterocycles. The van der Waals surface area contributed by atoms with Gasteiger partial charge in [0.15, 0.2) is 0 Å². The zero-order chi connectivity index (χ0) is 7.15. The monoisotopic (exact) mass is 123 g/mol. The Morgan fingerprint density at radius 3 is 1.62 bits per heavy atom. The number of nitrogens with two attached hydrogens (primary N) is 1. The molecule has 0 atom stereocenters. The molecule has 0 aromatic carbocycles. The molecule has 0 aliphatic heterocycles. The summed E-state index contributed by atoms with van der Waals surface area (Å²) in [5.41, 5.74) is 7.14. The minimum absolute atomic E-state index is 0.583. The molecule has 0 aromatic heterocycles. The van der Waals surface area contributed by atoms with Crippen LogP contribution in [0.3, 0.4) is 0 Å². The third-order valence-corrected chi connectivity index (χ3v) is 0. The van der Waals surface area contributed by atoms with Gasteiger partial charge in [-0.2, -0.15) is 0 Å². The molecule has 0 spiro atoms. The number of nitrogens with zero attached hydrogens (tertiary/aromatic N) is 1. The standard InChI is InChI=1S/CH4N2O.NO3/c2*2-1(3)4/h(H4,2,3,4);/q;-1/p+1. The van der Waals surface area contributed by atoms with Gasteiger partial charge in [-0.1, -0.05) is 0 Å². The molecule has 5 N–H and O–H groups in total. The minimum Gasteiger partial charge on any atom is -0.356 e. The highest BCUT2D eigenvalue weighted by molar-refractivity contribution is 5.58. The average Bonchev–Trinajstić information content (AvgIpc) is 1.25. The second-order valence-electron chi connectivity index (χ2n) is 0.690. The van der Waals surface area contributed by atoms with Gasteiger partial charge in [-0.3, -0.25) is 5.73 Å². The second-order valence-corrected chi connectivity index (χ2v) is 0.690. The zero-order valence-corrected chi connectivity index (χ0v) is 3.86. The topological polar surface area (TPSA) is 137 Å². The lowest BCUT2D eigenvalue weighted by Gasteiger charge is -1.74. The molecule has 0 rings (SSSR count). The van der Waals surface area contributed by atoms with E-state index < -0.39 is 11.1 Å². The van der Waals surface area contributed by atoms with E-state index in [4.69, 9.17) is 20.1 Å². The van der Waals surface area contributed by atoms with Crippen molar-refractivity contribution in [2.24, 2.45) is 5.73 Å². The number of primary amides is 1. The van der Waals surface area contributed by atoms with Crippen molar-refractivity contribution in [2.75, 3.05) is 0 Å². The van der Waals surface area contributed by atoms with Gasteiger partial charge in [0, 0.05) is 0 Å². The van der Waals surface area contributed by atoms with Crippen LogP contribution in [0, 0.1) is 15.3 Å². The first-order valence-corrected chi connectivity index (χ1v) is 1.39. The van der Waals surface area contributed by atoms with Gasteiger partial charge in [-0.05, 0) is 0 Å². The number of urea groups is 1. The maximum atomic E-state index is 9.11. The predicted octanol–water partition coefficient (Wildman–Crippen LogP) is -1.93. The fraction of sp³-hybridized carbons (Fsp3) is 0. The zero-order valence-electron chi connectivity index (χ0n) is 3.86. The van der Waals surface area contributed by atoms with Crippen molar-refractivity contribution < 1.29 is 15.6 Å². The van der Waals surface area contributed by atoms with Crippen LogP contribution in [0.5, 0.6) is 0 Å². The van der Waals surface area contributed by atoms with Gasteiger partial charge in [0.05, 0.1) is 5.09 Å². The summed E-state index contributed by atoms with van der Waals surface area (Å²) in [7, 11) is 0. The summed E-state index contributed by atoms with van der Waals surface area (Å²) in [5.74, 6) is 0. The molecule has 2 amide bonds. The van der Waals surface area contributed by atoms with Crippen molar-refractivity contribution in [3.63, 3.8) is 0 Å². The molecular formula is CH5N3O4.